The molecule has 2 heterocycles. The van der Waals surface area contributed by atoms with Gasteiger partial charge in [-0.1, -0.05) is 6.07 Å². The van der Waals surface area contributed by atoms with E-state index in [2.05, 4.69) is 25.7 Å². The minimum atomic E-state index is -0.909. The van der Waals surface area contributed by atoms with Crippen molar-refractivity contribution in [1.82, 2.24) is 19.7 Å². The second kappa shape index (κ2) is 7.04. The van der Waals surface area contributed by atoms with Gasteiger partial charge in [0.1, 0.15) is 5.82 Å². The molecule has 0 aliphatic carbocycles. The predicted octanol–water partition coefficient (Wildman–Crippen LogP) is 3.09. The fraction of sp³-hybridized carbons (Fsp3) is 0.125. The molecule has 7 nitrogen and oxygen atoms in total. The molecular weight excluding hydrogens is 328 g/mol. The molecule has 0 saturated carbocycles. The van der Waals surface area contributed by atoms with Crippen LogP contribution in [-0.4, -0.2) is 26.0 Å². The molecule has 3 rings (SSSR count). The number of hydrogen-bond acceptors (Lipinski definition) is 6. The molecule has 0 unspecified atom stereocenters. The van der Waals surface area contributed by atoms with Gasteiger partial charge in [0.15, 0.2) is 11.6 Å². The summed E-state index contributed by atoms with van der Waals surface area (Å²) in [6, 6.07) is 3.66. The van der Waals surface area contributed by atoms with E-state index in [1.165, 1.54) is 12.3 Å². The summed E-state index contributed by atoms with van der Waals surface area (Å²) in [6.45, 7) is 0.224. The second-order valence-corrected chi connectivity index (χ2v) is 5.27. The van der Waals surface area contributed by atoms with Crippen molar-refractivity contribution in [2.75, 3.05) is 10.6 Å². The Kier molecular flexibility index (Phi) is 4.64. The van der Waals surface area contributed by atoms with E-state index in [1.807, 2.05) is 0 Å². The Morgan fingerprint density at radius 1 is 1.28 bits per heavy atom. The third-order valence-electron chi connectivity index (χ3n) is 3.38. The van der Waals surface area contributed by atoms with Crippen molar-refractivity contribution in [3.63, 3.8) is 0 Å². The average molecular weight is 345 g/mol. The third kappa shape index (κ3) is 3.94. The van der Waals surface area contributed by atoms with Crippen LogP contribution in [0.3, 0.4) is 0 Å². The van der Waals surface area contributed by atoms with Crippen LogP contribution in [0.1, 0.15) is 12.6 Å². The van der Waals surface area contributed by atoms with Crippen LogP contribution >= 0.6 is 0 Å². The van der Waals surface area contributed by atoms with E-state index in [4.69, 9.17) is 5.41 Å². The molecule has 0 radical (unpaired) electrons. The Balaban J connectivity index is 0.00000243. The maximum Gasteiger partial charge on any atom is 0.229 e. The summed E-state index contributed by atoms with van der Waals surface area (Å²) in [5, 5.41) is 17.5. The molecule has 0 aliphatic rings. The van der Waals surface area contributed by atoms with Crippen LogP contribution in [0.15, 0.2) is 36.8 Å². The molecule has 0 saturated heterocycles. The summed E-state index contributed by atoms with van der Waals surface area (Å²) < 4.78 is 27.9. The molecule has 130 valence electrons. The Hall–Kier alpha value is -3.36. The highest BCUT2D eigenvalue weighted by Crippen LogP contribution is 2.17. The van der Waals surface area contributed by atoms with Crippen molar-refractivity contribution >= 4 is 23.7 Å². The fourth-order valence-electron chi connectivity index (χ4n) is 2.15. The first-order valence-corrected chi connectivity index (χ1v) is 7.36. The van der Waals surface area contributed by atoms with Crippen molar-refractivity contribution in [3.8, 4) is 0 Å². The highest BCUT2D eigenvalue weighted by Gasteiger charge is 2.08. The normalized spacial score (nSPS) is 10.5. The molecule has 0 bridgehead atoms. The van der Waals surface area contributed by atoms with E-state index in [0.717, 1.165) is 24.0 Å². The lowest BCUT2D eigenvalue weighted by Crippen LogP contribution is -2.08. The van der Waals surface area contributed by atoms with Gasteiger partial charge in [-0.2, -0.15) is 10.1 Å². The first-order valence-electron chi connectivity index (χ1n) is 7.36. The zero-order chi connectivity index (χ0) is 17.8. The number of aryl methyl sites for hydroxylation is 1. The molecule has 3 N–H and O–H groups in total. The number of rotatable bonds is 6. The first kappa shape index (κ1) is 16.5. The van der Waals surface area contributed by atoms with Crippen LogP contribution in [0.5, 0.6) is 0 Å². The summed E-state index contributed by atoms with van der Waals surface area (Å²) in [6.07, 6.45) is 6.00. The predicted molar refractivity (Wildman–Crippen MR) is 92.2 cm³/mol. The van der Waals surface area contributed by atoms with E-state index in [-0.39, 0.29) is 7.97 Å². The molecule has 0 atom stereocenters. The first-order chi connectivity index (χ1) is 12.0. The van der Waals surface area contributed by atoms with E-state index >= 15 is 0 Å². The van der Waals surface area contributed by atoms with Crippen LogP contribution in [0.2, 0.25) is 0 Å². The van der Waals surface area contributed by atoms with Crippen LogP contribution in [0, 0.1) is 17.0 Å². The Morgan fingerprint density at radius 3 is 2.80 bits per heavy atom. The summed E-state index contributed by atoms with van der Waals surface area (Å²) in [5.74, 6) is -1.07. The SMILES string of the molecule is Cn1cc(Nc2ncc(C=N)c(NCc3ccc(F)c(F)c3)n2)cn1.[HH]. The van der Waals surface area contributed by atoms with Crippen molar-refractivity contribution < 1.29 is 10.2 Å². The van der Waals surface area contributed by atoms with Gasteiger partial charge >= 0.3 is 0 Å². The molecule has 25 heavy (non-hydrogen) atoms. The standard InChI is InChI=1S/C16H15F2N7.H2/c1-25-9-12(8-22-25)23-16-21-7-11(5-19)15(24-16)20-6-10-2-3-13(17)14(18)4-10;/h2-5,7-9,19H,6H2,1H3,(H2,20,21,23,24);1H. The van der Waals surface area contributed by atoms with Crippen molar-refractivity contribution in [1.29, 1.82) is 5.41 Å². The van der Waals surface area contributed by atoms with Crippen molar-refractivity contribution in [2.24, 2.45) is 7.05 Å². The van der Waals surface area contributed by atoms with Gasteiger partial charge in [0.05, 0.1) is 17.4 Å². The minimum absolute atomic E-state index is 0. The number of anilines is 3. The number of aromatic nitrogens is 4. The molecule has 0 fully saturated rings. The highest BCUT2D eigenvalue weighted by molar-refractivity contribution is 5.84. The number of hydrogen-bond donors (Lipinski definition) is 3. The molecular formula is C16H17F2N7. The lowest BCUT2D eigenvalue weighted by atomic mass is 10.2. The van der Waals surface area contributed by atoms with E-state index in [1.54, 1.807) is 24.1 Å². The summed E-state index contributed by atoms with van der Waals surface area (Å²) >= 11 is 0. The molecule has 3 aromatic rings. The fourth-order valence-corrected chi connectivity index (χ4v) is 2.15. The average Bonchev–Trinajstić information content (AvgIpc) is 3.01. The van der Waals surface area contributed by atoms with Crippen LogP contribution in [-0.2, 0) is 13.6 Å². The zero-order valence-electron chi connectivity index (χ0n) is 13.3. The van der Waals surface area contributed by atoms with Gasteiger partial charge in [-0.25, -0.2) is 13.8 Å². The molecule has 0 aliphatic heterocycles. The van der Waals surface area contributed by atoms with Gasteiger partial charge in [0, 0.05) is 33.6 Å². The van der Waals surface area contributed by atoms with Crippen LogP contribution in [0.25, 0.3) is 0 Å². The smallest absolute Gasteiger partial charge is 0.229 e. The van der Waals surface area contributed by atoms with E-state index in [9.17, 15) is 8.78 Å². The Bertz CT molecular complexity index is 913. The van der Waals surface area contributed by atoms with Gasteiger partial charge < -0.3 is 16.0 Å². The van der Waals surface area contributed by atoms with Crippen molar-refractivity contribution in [3.05, 3.63) is 59.6 Å². The second-order valence-electron chi connectivity index (χ2n) is 5.27. The molecule has 2 aromatic heterocycles. The number of benzene rings is 1. The Morgan fingerprint density at radius 2 is 2.12 bits per heavy atom. The van der Waals surface area contributed by atoms with Gasteiger partial charge in [0.25, 0.3) is 0 Å². The maximum atomic E-state index is 13.3. The molecule has 9 heteroatoms. The van der Waals surface area contributed by atoms with Gasteiger partial charge in [-0.15, -0.1) is 0 Å². The quantitative estimate of drug-likeness (QED) is 0.597. The van der Waals surface area contributed by atoms with Gasteiger partial charge in [0.2, 0.25) is 5.95 Å². The minimum Gasteiger partial charge on any atom is -0.365 e. The lowest BCUT2D eigenvalue weighted by Gasteiger charge is -2.10. The molecule has 0 spiro atoms. The lowest BCUT2D eigenvalue weighted by molar-refractivity contribution is 0.507. The largest absolute Gasteiger partial charge is 0.365 e. The summed E-state index contributed by atoms with van der Waals surface area (Å²) in [4.78, 5) is 8.45. The van der Waals surface area contributed by atoms with Crippen molar-refractivity contribution in [2.45, 2.75) is 6.54 Å². The topological polar surface area (TPSA) is 91.5 Å². The Labute approximate surface area is 143 Å². The summed E-state index contributed by atoms with van der Waals surface area (Å²) in [7, 11) is 1.79. The van der Waals surface area contributed by atoms with Crippen LogP contribution < -0.4 is 10.6 Å². The van der Waals surface area contributed by atoms with Crippen LogP contribution in [0.4, 0.5) is 26.2 Å². The van der Waals surface area contributed by atoms with Gasteiger partial charge in [-0.3, -0.25) is 4.68 Å². The monoisotopic (exact) mass is 345 g/mol. The number of halogens is 2. The van der Waals surface area contributed by atoms with Gasteiger partial charge in [-0.05, 0) is 17.7 Å². The molecule has 1 aromatic carbocycles. The summed E-state index contributed by atoms with van der Waals surface area (Å²) in [5.41, 5.74) is 1.74. The zero-order valence-corrected chi connectivity index (χ0v) is 13.3. The highest BCUT2D eigenvalue weighted by atomic mass is 19.2. The van der Waals surface area contributed by atoms with E-state index < -0.39 is 11.6 Å². The third-order valence-corrected chi connectivity index (χ3v) is 3.38. The number of nitrogens with one attached hydrogen (secondary N) is 3. The maximum absolute atomic E-state index is 13.3. The number of nitrogens with zero attached hydrogens (tertiary/aromatic N) is 4. The molecule has 0 amide bonds. The van der Waals surface area contributed by atoms with E-state index in [0.29, 0.717) is 22.9 Å².